The fourth-order valence-electron chi connectivity index (χ4n) is 8.11. The maximum Gasteiger partial charge on any atom is 0.303 e. The van der Waals surface area contributed by atoms with Crippen molar-refractivity contribution in [3.8, 4) is 0 Å². The zero-order valence-electron chi connectivity index (χ0n) is 39.8. The van der Waals surface area contributed by atoms with E-state index in [1.165, 1.54) is 220 Å². The number of rotatable bonds is 37. The molecule has 0 aliphatic carbocycles. The van der Waals surface area contributed by atoms with Gasteiger partial charge in [0.05, 0.1) is 5.57 Å². The summed E-state index contributed by atoms with van der Waals surface area (Å²) in [6.07, 6.45) is 48.3. The Kier molecular flexibility index (Phi) is 47.7. The van der Waals surface area contributed by atoms with Crippen molar-refractivity contribution in [2.75, 3.05) is 14.2 Å². The molecule has 0 spiro atoms. The molecule has 0 radical (unpaired) electrons. The van der Waals surface area contributed by atoms with Gasteiger partial charge < -0.3 is 15.7 Å². The second-order valence-corrected chi connectivity index (χ2v) is 16.8. The van der Waals surface area contributed by atoms with Gasteiger partial charge in [-0.2, -0.15) is 0 Å². The first-order chi connectivity index (χ1) is 29.2. The van der Waals surface area contributed by atoms with Crippen LogP contribution >= 0.6 is 0 Å². The Labute approximate surface area is 382 Å². The van der Waals surface area contributed by atoms with Crippen molar-refractivity contribution in [2.45, 2.75) is 239 Å². The SMILES string of the molecule is CCCCCCCCCCCCCCCCCCCCCCCCCCCc1cccc(C(=CC(=C=[N+]=[N-])CCCCCC)c2cccc(CCCC)c2)c1.CO.CO.[Ni]. The number of aryl methyl sites for hydroxylation is 2. The third-order valence-corrected chi connectivity index (χ3v) is 11.7. The maximum absolute atomic E-state index is 9.45. The van der Waals surface area contributed by atoms with Crippen LogP contribution in [-0.4, -0.2) is 35.1 Å². The Bertz CT molecular complexity index is 1330. The van der Waals surface area contributed by atoms with E-state index in [9.17, 15) is 5.53 Å². The van der Waals surface area contributed by atoms with Crippen molar-refractivity contribution in [1.82, 2.24) is 0 Å². The van der Waals surface area contributed by atoms with Crippen LogP contribution in [0.3, 0.4) is 0 Å². The van der Waals surface area contributed by atoms with E-state index < -0.39 is 0 Å². The number of aliphatic hydroxyl groups excluding tert-OH is 2. The smallest absolute Gasteiger partial charge is 0.303 e. The number of benzene rings is 2. The van der Waals surface area contributed by atoms with Gasteiger partial charge in [0, 0.05) is 30.7 Å². The average Bonchev–Trinajstić information content (AvgIpc) is 3.27. The normalized spacial score (nSPS) is 10.8. The number of hydrogen-bond donors (Lipinski definition) is 2. The van der Waals surface area contributed by atoms with Crippen LogP contribution in [0.15, 0.2) is 60.2 Å². The van der Waals surface area contributed by atoms with Crippen molar-refractivity contribution in [1.29, 1.82) is 0 Å². The number of unbranched alkanes of at least 4 members (excludes halogenated alkanes) is 28. The molecule has 2 N–H and O–H groups in total. The molecule has 0 aliphatic rings. The van der Waals surface area contributed by atoms with E-state index in [4.69, 9.17) is 10.2 Å². The first-order valence-electron chi connectivity index (χ1n) is 25.0. The van der Waals surface area contributed by atoms with Crippen LogP contribution in [-0.2, 0) is 29.3 Å². The molecule has 60 heavy (non-hydrogen) atoms. The number of nitrogens with zero attached hydrogens (tertiary/aromatic N) is 2. The summed E-state index contributed by atoms with van der Waals surface area (Å²) in [5.74, 6) is 2.91. The fourth-order valence-corrected chi connectivity index (χ4v) is 8.11. The molecule has 346 valence electrons. The van der Waals surface area contributed by atoms with Crippen LogP contribution in [0.25, 0.3) is 11.1 Å². The van der Waals surface area contributed by atoms with Crippen molar-refractivity contribution < 1.29 is 31.5 Å². The van der Waals surface area contributed by atoms with Gasteiger partial charge in [0.1, 0.15) is 0 Å². The third kappa shape index (κ3) is 34.4. The molecule has 0 aromatic heterocycles. The largest absolute Gasteiger partial charge is 0.400 e. The van der Waals surface area contributed by atoms with Gasteiger partial charge in [0.25, 0.3) is 0 Å². The number of aliphatic hydroxyl groups is 2. The summed E-state index contributed by atoms with van der Waals surface area (Å²) >= 11 is 0. The number of allylic oxidation sites excluding steroid dienone is 2. The fraction of sp³-hybridized carbons (Fsp3) is 0.709. The summed E-state index contributed by atoms with van der Waals surface area (Å²) in [6.45, 7) is 6.81. The minimum Gasteiger partial charge on any atom is -0.400 e. The molecule has 5 heteroatoms. The van der Waals surface area contributed by atoms with E-state index >= 15 is 0 Å². The Morgan fingerprint density at radius 2 is 0.783 bits per heavy atom. The summed E-state index contributed by atoms with van der Waals surface area (Å²) in [4.78, 5) is 3.34. The minimum atomic E-state index is 0. The molecule has 4 nitrogen and oxygen atoms in total. The van der Waals surface area contributed by atoms with E-state index in [1.54, 1.807) is 0 Å². The molecule has 0 heterocycles. The third-order valence-electron chi connectivity index (χ3n) is 11.7. The van der Waals surface area contributed by atoms with Crippen molar-refractivity contribution in [3.63, 3.8) is 0 Å². The second kappa shape index (κ2) is 47.8. The summed E-state index contributed by atoms with van der Waals surface area (Å²) in [6, 6.07) is 18.2. The van der Waals surface area contributed by atoms with Gasteiger partial charge in [0.2, 0.25) is 0 Å². The molecule has 0 bridgehead atoms. The van der Waals surface area contributed by atoms with Gasteiger partial charge in [-0.05, 0) is 72.4 Å². The summed E-state index contributed by atoms with van der Waals surface area (Å²) in [5.41, 5.74) is 16.9. The van der Waals surface area contributed by atoms with Crippen LogP contribution in [0.1, 0.15) is 248 Å². The molecule has 2 rings (SSSR count). The maximum atomic E-state index is 9.45. The summed E-state index contributed by atoms with van der Waals surface area (Å²) < 4.78 is 0. The average molecular weight is 874 g/mol. The van der Waals surface area contributed by atoms with Gasteiger partial charge >= 0.3 is 5.87 Å². The van der Waals surface area contributed by atoms with E-state index in [2.05, 4.69) is 86.0 Å². The Morgan fingerprint density at radius 1 is 0.467 bits per heavy atom. The molecular weight excluding hydrogens is 779 g/mol. The van der Waals surface area contributed by atoms with Crippen LogP contribution in [0.2, 0.25) is 0 Å². The summed E-state index contributed by atoms with van der Waals surface area (Å²) in [5, 5.41) is 14.0. The van der Waals surface area contributed by atoms with E-state index in [-0.39, 0.29) is 16.5 Å². The van der Waals surface area contributed by atoms with Crippen LogP contribution in [0, 0.1) is 0 Å². The topological polar surface area (TPSA) is 76.9 Å². The summed E-state index contributed by atoms with van der Waals surface area (Å²) in [7, 11) is 2.00. The van der Waals surface area contributed by atoms with Crippen LogP contribution < -0.4 is 0 Å². The van der Waals surface area contributed by atoms with Gasteiger partial charge in [0.15, 0.2) is 0 Å². The Morgan fingerprint density at radius 3 is 1.13 bits per heavy atom. The molecule has 2 aromatic carbocycles. The predicted molar refractivity (Wildman–Crippen MR) is 261 cm³/mol. The van der Waals surface area contributed by atoms with Crippen molar-refractivity contribution in [3.05, 3.63) is 88.0 Å². The number of hydrogen-bond acceptors (Lipinski definition) is 2. The van der Waals surface area contributed by atoms with Gasteiger partial charge in [-0.25, -0.2) is 0 Å². The molecule has 0 unspecified atom stereocenters. The zero-order chi connectivity index (χ0) is 43.3. The van der Waals surface area contributed by atoms with Crippen molar-refractivity contribution in [2.24, 2.45) is 0 Å². The van der Waals surface area contributed by atoms with Gasteiger partial charge in [-0.3, -0.25) is 0 Å². The van der Waals surface area contributed by atoms with E-state index in [1.807, 2.05) is 0 Å². The van der Waals surface area contributed by atoms with Gasteiger partial charge in [-0.1, -0.05) is 249 Å². The Balaban J connectivity index is 0. The monoisotopic (exact) mass is 873 g/mol. The van der Waals surface area contributed by atoms with Crippen molar-refractivity contribution >= 4 is 11.4 Å². The van der Waals surface area contributed by atoms with Crippen LogP contribution in [0.4, 0.5) is 0 Å². The molecule has 2 aromatic rings. The van der Waals surface area contributed by atoms with Gasteiger partial charge in [-0.15, -0.1) is 4.79 Å². The predicted octanol–water partition coefficient (Wildman–Crippen LogP) is 16.8. The zero-order valence-corrected chi connectivity index (χ0v) is 40.8. The van der Waals surface area contributed by atoms with Crippen LogP contribution in [0.5, 0.6) is 0 Å². The molecular formula is C55H94N2NiO2. The molecule has 0 atom stereocenters. The Hall–Kier alpha value is -2.25. The first kappa shape index (κ1) is 59.8. The molecule has 0 saturated heterocycles. The standard InChI is InChI=1S/C53H86N2.2CH4O.Ni/c1-4-7-10-12-13-14-15-16-17-18-19-20-21-22-23-24-25-26-27-28-29-30-31-32-34-38-49-41-36-43-52(45-49)53(46-50(47-55-54)39-33-11-8-5-2)51-42-35-40-48(44-51)37-9-6-3;2*1-2;/h35-36,40-46H,4-34,37-39H2,1-3H3;2*2H,1H3;. The minimum absolute atomic E-state index is 0. The quantitative estimate of drug-likeness (QED) is 0.0177. The molecule has 0 amide bonds. The van der Waals surface area contributed by atoms with E-state index in [0.717, 1.165) is 45.5 Å². The molecule has 0 saturated carbocycles. The molecule has 0 aliphatic heterocycles. The van der Waals surface area contributed by atoms with E-state index in [0.29, 0.717) is 0 Å². The molecule has 0 fully saturated rings. The first-order valence-corrected chi connectivity index (χ1v) is 25.0. The second-order valence-electron chi connectivity index (χ2n) is 16.8.